The lowest BCUT2D eigenvalue weighted by Crippen LogP contribution is -2.37. The van der Waals surface area contributed by atoms with E-state index >= 15 is 0 Å². The largest absolute Gasteiger partial charge is 0.450 e. The number of esters is 2. The van der Waals surface area contributed by atoms with Crippen LogP contribution in [-0.4, -0.2) is 67.7 Å². The molecule has 3 aliphatic rings. The molecular formula is C22H26F6O4S4. The maximum absolute atomic E-state index is 13.7. The van der Waals surface area contributed by atoms with Crippen LogP contribution in [0.3, 0.4) is 0 Å². The van der Waals surface area contributed by atoms with Gasteiger partial charge in [-0.3, -0.25) is 0 Å². The molecule has 0 aliphatic carbocycles. The van der Waals surface area contributed by atoms with Gasteiger partial charge in [-0.05, 0) is 61.5 Å². The summed E-state index contributed by atoms with van der Waals surface area (Å²) in [6.45, 7) is 0. The molecule has 4 nitrogen and oxygen atoms in total. The third-order valence-corrected chi connectivity index (χ3v) is 12.4. The third-order valence-electron chi connectivity index (χ3n) is 5.67. The maximum Gasteiger partial charge on any atom is 0.425 e. The standard InChI is InChI=1S/C22H26F6O4S4/c23-21(24,25)15-3-7-19(33-11-1-12-34-19)9-5-17(29)32-16(22(26,27)28)4-8-20(10-6-18(30)31-15)35-13-2-14-36-20/h5-6,9-10,15-16H,1-4,7-8,11-14H2/b9-5+,10-6+/t15-,16-/m0/s1. The van der Waals surface area contributed by atoms with E-state index in [2.05, 4.69) is 0 Å². The van der Waals surface area contributed by atoms with Crippen LogP contribution in [0.15, 0.2) is 24.3 Å². The van der Waals surface area contributed by atoms with Crippen molar-refractivity contribution >= 4 is 59.0 Å². The highest BCUT2D eigenvalue weighted by Crippen LogP contribution is 2.49. The minimum atomic E-state index is -4.80. The molecule has 2 fully saturated rings. The lowest BCUT2D eigenvalue weighted by molar-refractivity contribution is -0.220. The lowest BCUT2D eigenvalue weighted by atomic mass is 10.1. The molecule has 2 spiro atoms. The third kappa shape index (κ3) is 8.72. The van der Waals surface area contributed by atoms with Crippen LogP contribution in [0.4, 0.5) is 26.3 Å². The number of cyclic esters (lactones) is 2. The van der Waals surface area contributed by atoms with Gasteiger partial charge in [0.2, 0.25) is 0 Å². The Bertz CT molecular complexity index is 765. The number of carbonyl (C=O) groups excluding carboxylic acids is 2. The number of alkyl halides is 6. The first-order valence-corrected chi connectivity index (χ1v) is 15.3. The zero-order valence-corrected chi connectivity index (χ0v) is 22.3. The molecule has 3 rings (SSSR count). The van der Waals surface area contributed by atoms with E-state index in [-0.39, 0.29) is 12.8 Å². The van der Waals surface area contributed by atoms with Crippen molar-refractivity contribution in [1.29, 1.82) is 0 Å². The average Bonchev–Trinajstić information content (AvgIpc) is 2.81. The highest BCUT2D eigenvalue weighted by atomic mass is 32.2. The van der Waals surface area contributed by atoms with Crippen molar-refractivity contribution in [2.24, 2.45) is 0 Å². The molecule has 0 N–H and O–H groups in total. The number of thioether (sulfide) groups is 4. The second-order valence-electron chi connectivity index (χ2n) is 8.40. The van der Waals surface area contributed by atoms with Gasteiger partial charge in [-0.1, -0.05) is 12.2 Å². The van der Waals surface area contributed by atoms with Crippen LogP contribution >= 0.6 is 47.0 Å². The smallest absolute Gasteiger partial charge is 0.425 e. The van der Waals surface area contributed by atoms with Crippen molar-refractivity contribution in [2.45, 2.75) is 71.2 Å². The zero-order valence-electron chi connectivity index (χ0n) is 19.1. The van der Waals surface area contributed by atoms with Crippen LogP contribution in [0, 0.1) is 0 Å². The Morgan fingerprint density at radius 1 is 0.667 bits per heavy atom. The number of halogens is 6. The highest BCUT2D eigenvalue weighted by Gasteiger charge is 2.46. The second-order valence-corrected chi connectivity index (χ2v) is 14.6. The van der Waals surface area contributed by atoms with Crippen molar-refractivity contribution in [3.63, 3.8) is 0 Å². The maximum atomic E-state index is 13.7. The molecule has 0 saturated carbocycles. The van der Waals surface area contributed by atoms with Gasteiger partial charge in [-0.15, -0.1) is 47.0 Å². The van der Waals surface area contributed by atoms with Gasteiger partial charge in [0.25, 0.3) is 0 Å². The molecule has 2 atom stereocenters. The van der Waals surface area contributed by atoms with E-state index < -0.39 is 57.5 Å². The van der Waals surface area contributed by atoms with Crippen LogP contribution in [0.2, 0.25) is 0 Å². The van der Waals surface area contributed by atoms with Gasteiger partial charge in [0.05, 0.1) is 8.16 Å². The van der Waals surface area contributed by atoms with Gasteiger partial charge in [-0.25, -0.2) is 9.59 Å². The Balaban J connectivity index is 1.93. The number of ether oxygens (including phenoxy) is 2. The fourth-order valence-corrected chi connectivity index (χ4v) is 10.1. The van der Waals surface area contributed by atoms with Gasteiger partial charge in [0.1, 0.15) is 0 Å². The predicted octanol–water partition coefficient (Wildman–Crippen LogP) is 6.75. The second kappa shape index (κ2) is 12.5. The first kappa shape index (κ1) is 29.9. The summed E-state index contributed by atoms with van der Waals surface area (Å²) in [6.07, 6.45) is -9.60. The molecule has 3 aliphatic heterocycles. The van der Waals surface area contributed by atoms with Gasteiger partial charge < -0.3 is 9.47 Å². The van der Waals surface area contributed by atoms with Crippen molar-refractivity contribution in [1.82, 2.24) is 0 Å². The molecule has 3 heterocycles. The summed E-state index contributed by atoms with van der Waals surface area (Å²) in [4.78, 5) is 24.8. The summed E-state index contributed by atoms with van der Waals surface area (Å²) in [5.74, 6) is 0.0379. The van der Waals surface area contributed by atoms with Crippen molar-refractivity contribution in [3.8, 4) is 0 Å². The Labute approximate surface area is 222 Å². The number of hydrogen-bond donors (Lipinski definition) is 0. The summed E-state index contributed by atoms with van der Waals surface area (Å²) in [6, 6.07) is 0. The van der Waals surface area contributed by atoms with Crippen LogP contribution in [0.5, 0.6) is 0 Å². The molecule has 0 aromatic rings. The van der Waals surface area contributed by atoms with E-state index in [1.165, 1.54) is 59.2 Å². The molecule has 0 aromatic carbocycles. The van der Waals surface area contributed by atoms with Gasteiger partial charge in [0.15, 0.2) is 12.2 Å². The summed E-state index contributed by atoms with van der Waals surface area (Å²) in [5.41, 5.74) is 0. The first-order valence-electron chi connectivity index (χ1n) is 11.3. The zero-order chi connectivity index (χ0) is 26.5. The molecule has 204 valence electrons. The van der Waals surface area contributed by atoms with Crippen molar-refractivity contribution in [3.05, 3.63) is 24.3 Å². The van der Waals surface area contributed by atoms with Crippen LogP contribution in [0.1, 0.15) is 38.5 Å². The molecular weight excluding hydrogens is 570 g/mol. The quantitative estimate of drug-likeness (QED) is 0.225. The van der Waals surface area contributed by atoms with E-state index in [0.29, 0.717) is 23.0 Å². The molecule has 0 unspecified atom stereocenters. The van der Waals surface area contributed by atoms with Crippen LogP contribution in [-0.2, 0) is 19.1 Å². The fourth-order valence-electron chi connectivity index (χ4n) is 3.82. The van der Waals surface area contributed by atoms with E-state index in [0.717, 1.165) is 25.0 Å². The topological polar surface area (TPSA) is 52.6 Å². The van der Waals surface area contributed by atoms with Gasteiger partial charge >= 0.3 is 24.3 Å². The molecule has 0 bridgehead atoms. The SMILES string of the molecule is O=C1/C=C/C2(CC[C@@H](C(F)(F)F)OC(=O)/C=C/C3(CC[C@@H](C(F)(F)F)O1)SCCCS3)SCCCS2. The highest BCUT2D eigenvalue weighted by molar-refractivity contribution is 8.19. The average molecular weight is 597 g/mol. The van der Waals surface area contributed by atoms with Crippen molar-refractivity contribution < 1.29 is 45.4 Å². The molecule has 2 saturated heterocycles. The number of hydrogen-bond acceptors (Lipinski definition) is 8. The number of rotatable bonds is 0. The summed E-state index contributed by atoms with van der Waals surface area (Å²) in [7, 11) is 0. The molecule has 0 radical (unpaired) electrons. The van der Waals surface area contributed by atoms with E-state index in [4.69, 9.17) is 9.47 Å². The lowest BCUT2D eigenvalue weighted by Gasteiger charge is -2.35. The van der Waals surface area contributed by atoms with E-state index in [1.54, 1.807) is 0 Å². The minimum Gasteiger partial charge on any atom is -0.450 e. The monoisotopic (exact) mass is 596 g/mol. The Hall–Kier alpha value is -0.600. The molecule has 0 amide bonds. The number of carbonyl (C=O) groups is 2. The molecule has 14 heteroatoms. The van der Waals surface area contributed by atoms with Crippen LogP contribution < -0.4 is 0 Å². The van der Waals surface area contributed by atoms with Crippen LogP contribution in [0.25, 0.3) is 0 Å². The Morgan fingerprint density at radius 2 is 1.00 bits per heavy atom. The van der Waals surface area contributed by atoms with E-state index in [9.17, 15) is 35.9 Å². The summed E-state index contributed by atoms with van der Waals surface area (Å²) < 4.78 is 89.9. The Kier molecular flexibility index (Phi) is 10.4. The van der Waals surface area contributed by atoms with Crippen molar-refractivity contribution in [2.75, 3.05) is 23.0 Å². The molecule has 36 heavy (non-hydrogen) atoms. The summed E-state index contributed by atoms with van der Waals surface area (Å²) in [5, 5.41) is 0. The summed E-state index contributed by atoms with van der Waals surface area (Å²) >= 11 is 5.24. The molecule has 0 aromatic heterocycles. The normalized spacial score (nSPS) is 30.4. The van der Waals surface area contributed by atoms with E-state index in [1.807, 2.05) is 0 Å². The van der Waals surface area contributed by atoms with Gasteiger partial charge in [-0.2, -0.15) is 26.3 Å². The Morgan fingerprint density at radius 3 is 1.31 bits per heavy atom. The predicted molar refractivity (Wildman–Crippen MR) is 133 cm³/mol. The first-order chi connectivity index (χ1) is 16.8. The van der Waals surface area contributed by atoms with Gasteiger partial charge in [0, 0.05) is 12.2 Å². The fraction of sp³-hybridized carbons (Fsp3) is 0.727. The minimum absolute atomic E-state index is 0.106.